The molecule has 98 valence electrons. The van der Waals surface area contributed by atoms with Crippen molar-refractivity contribution in [3.8, 4) is 0 Å². The third-order valence-electron chi connectivity index (χ3n) is 2.10. The van der Waals surface area contributed by atoms with Crippen molar-refractivity contribution in [2.75, 3.05) is 32.7 Å². The maximum absolute atomic E-state index is 10.3. The van der Waals surface area contributed by atoms with Crippen molar-refractivity contribution in [1.29, 1.82) is 0 Å². The van der Waals surface area contributed by atoms with Crippen LogP contribution in [0.1, 0.15) is 47.5 Å². The zero-order chi connectivity index (χ0) is 12.8. The van der Waals surface area contributed by atoms with Gasteiger partial charge in [-0.2, -0.15) is 0 Å². The molecule has 3 heteroatoms. The highest BCUT2D eigenvalue weighted by atomic mass is 16.1. The summed E-state index contributed by atoms with van der Waals surface area (Å²) in [6.07, 6.45) is 3.41. The van der Waals surface area contributed by atoms with Crippen molar-refractivity contribution in [3.05, 3.63) is 0 Å². The Balaban J connectivity index is 0. The monoisotopic (exact) mass is 230 g/mol. The molecule has 0 aromatic rings. The Morgan fingerprint density at radius 2 is 1.44 bits per heavy atom. The van der Waals surface area contributed by atoms with Gasteiger partial charge in [0.2, 0.25) is 6.41 Å². The van der Waals surface area contributed by atoms with Gasteiger partial charge in [0.05, 0.1) is 0 Å². The van der Waals surface area contributed by atoms with Crippen molar-refractivity contribution >= 4 is 6.41 Å². The van der Waals surface area contributed by atoms with Crippen LogP contribution in [0, 0.1) is 0 Å². The lowest BCUT2D eigenvalue weighted by molar-refractivity contribution is -0.119. The first kappa shape index (κ1) is 17.8. The average Bonchev–Trinajstić information content (AvgIpc) is 2.34. The van der Waals surface area contributed by atoms with Crippen LogP contribution < -0.4 is 0 Å². The minimum atomic E-state index is 0.906. The maximum atomic E-state index is 10.3. The van der Waals surface area contributed by atoms with E-state index in [1.807, 2.05) is 18.7 Å². The van der Waals surface area contributed by atoms with Gasteiger partial charge < -0.3 is 4.90 Å². The first-order chi connectivity index (χ1) is 7.78. The quantitative estimate of drug-likeness (QED) is 0.696. The molecule has 1 saturated heterocycles. The second-order valence-electron chi connectivity index (χ2n) is 3.69. The lowest BCUT2D eigenvalue weighted by atomic mass is 10.3. The van der Waals surface area contributed by atoms with Gasteiger partial charge in [0, 0.05) is 26.2 Å². The van der Waals surface area contributed by atoms with Crippen LogP contribution in [0.15, 0.2) is 0 Å². The highest BCUT2D eigenvalue weighted by Gasteiger charge is 2.13. The minimum Gasteiger partial charge on any atom is -0.343 e. The van der Waals surface area contributed by atoms with E-state index in [1.54, 1.807) is 0 Å². The number of piperazine rings is 1. The molecular formula is C13H30N2O. The van der Waals surface area contributed by atoms with Crippen molar-refractivity contribution < 1.29 is 4.79 Å². The Morgan fingerprint density at radius 1 is 1.00 bits per heavy atom. The van der Waals surface area contributed by atoms with E-state index in [1.165, 1.54) is 19.4 Å². The molecule has 1 fully saturated rings. The lowest BCUT2D eigenvalue weighted by Gasteiger charge is -2.32. The van der Waals surface area contributed by atoms with Gasteiger partial charge in [-0.25, -0.2) is 0 Å². The van der Waals surface area contributed by atoms with Crippen molar-refractivity contribution in [1.82, 2.24) is 9.80 Å². The van der Waals surface area contributed by atoms with Crippen LogP contribution in [0.4, 0.5) is 0 Å². The number of carbonyl (C=O) groups excluding carboxylic acids is 1. The van der Waals surface area contributed by atoms with E-state index in [2.05, 4.69) is 25.7 Å². The van der Waals surface area contributed by atoms with Crippen molar-refractivity contribution in [2.45, 2.75) is 47.5 Å². The maximum Gasteiger partial charge on any atom is 0.209 e. The van der Waals surface area contributed by atoms with Gasteiger partial charge in [0.25, 0.3) is 0 Å². The summed E-state index contributed by atoms with van der Waals surface area (Å²) in [5.41, 5.74) is 0. The molecule has 0 atom stereocenters. The molecule has 0 N–H and O–H groups in total. The zero-order valence-electron chi connectivity index (χ0n) is 11.8. The van der Waals surface area contributed by atoms with E-state index in [0.717, 1.165) is 32.6 Å². The van der Waals surface area contributed by atoms with Gasteiger partial charge >= 0.3 is 0 Å². The molecule has 3 nitrogen and oxygen atoms in total. The molecular weight excluding hydrogens is 200 g/mol. The molecule has 0 aromatic carbocycles. The van der Waals surface area contributed by atoms with Crippen LogP contribution >= 0.6 is 0 Å². The molecule has 0 aliphatic carbocycles. The second kappa shape index (κ2) is 14.4. The van der Waals surface area contributed by atoms with Gasteiger partial charge in [0.15, 0.2) is 0 Å². The van der Waals surface area contributed by atoms with Crippen LogP contribution in [0.3, 0.4) is 0 Å². The Bertz CT molecular complexity index is 132. The van der Waals surface area contributed by atoms with E-state index < -0.39 is 0 Å². The van der Waals surface area contributed by atoms with Gasteiger partial charge in [-0.1, -0.05) is 41.0 Å². The predicted octanol–water partition coefficient (Wildman–Crippen LogP) is 2.61. The van der Waals surface area contributed by atoms with Crippen LogP contribution in [-0.2, 0) is 4.79 Å². The summed E-state index contributed by atoms with van der Waals surface area (Å²) in [6.45, 7) is 15.5. The Morgan fingerprint density at radius 3 is 1.75 bits per heavy atom. The molecule has 0 bridgehead atoms. The zero-order valence-corrected chi connectivity index (χ0v) is 11.8. The second-order valence-corrected chi connectivity index (χ2v) is 3.69. The van der Waals surface area contributed by atoms with Crippen LogP contribution in [0.2, 0.25) is 0 Å². The number of hydrogen-bond acceptors (Lipinski definition) is 2. The molecule has 0 spiro atoms. The van der Waals surface area contributed by atoms with Gasteiger partial charge in [0.1, 0.15) is 0 Å². The molecule has 1 aliphatic heterocycles. The highest BCUT2D eigenvalue weighted by molar-refractivity contribution is 5.47. The Hall–Kier alpha value is -0.570. The molecule has 16 heavy (non-hydrogen) atoms. The normalized spacial score (nSPS) is 15.4. The Kier molecular flexibility index (Phi) is 16.1. The van der Waals surface area contributed by atoms with E-state index in [0.29, 0.717) is 0 Å². The third-order valence-corrected chi connectivity index (χ3v) is 2.10. The van der Waals surface area contributed by atoms with Gasteiger partial charge in [-0.05, 0) is 13.0 Å². The molecule has 0 aromatic heterocycles. The molecule has 0 radical (unpaired) electrons. The average molecular weight is 230 g/mol. The summed E-state index contributed by atoms with van der Waals surface area (Å²) >= 11 is 0. The minimum absolute atomic E-state index is 0.906. The number of carbonyl (C=O) groups is 1. The highest BCUT2D eigenvalue weighted by Crippen LogP contribution is 1.99. The molecule has 1 rings (SSSR count). The van der Waals surface area contributed by atoms with Crippen molar-refractivity contribution in [3.63, 3.8) is 0 Å². The fraction of sp³-hybridized carbons (Fsp3) is 0.923. The van der Waals surface area contributed by atoms with Crippen LogP contribution in [0.25, 0.3) is 0 Å². The largest absolute Gasteiger partial charge is 0.343 e. The third kappa shape index (κ3) is 9.97. The summed E-state index contributed by atoms with van der Waals surface area (Å²) in [6, 6.07) is 0. The molecule has 1 amide bonds. The molecule has 1 heterocycles. The number of rotatable bonds is 3. The SMILES string of the molecule is CC.CCC.CCCN1CCN(C=O)CC1. The van der Waals surface area contributed by atoms with E-state index in [-0.39, 0.29) is 0 Å². The number of amides is 1. The first-order valence-corrected chi connectivity index (χ1v) is 6.70. The summed E-state index contributed by atoms with van der Waals surface area (Å²) in [4.78, 5) is 14.6. The first-order valence-electron chi connectivity index (χ1n) is 6.70. The molecule has 0 saturated carbocycles. The van der Waals surface area contributed by atoms with Crippen molar-refractivity contribution in [2.24, 2.45) is 0 Å². The molecule has 0 unspecified atom stereocenters. The summed E-state index contributed by atoms with van der Waals surface area (Å²) in [7, 11) is 0. The number of hydrogen-bond donors (Lipinski definition) is 0. The number of nitrogens with zero attached hydrogens (tertiary/aromatic N) is 2. The summed E-state index contributed by atoms with van der Waals surface area (Å²) in [5.74, 6) is 0. The van der Waals surface area contributed by atoms with Gasteiger partial charge in [-0.3, -0.25) is 9.69 Å². The Labute approximate surface area is 102 Å². The van der Waals surface area contributed by atoms with Crippen LogP contribution in [-0.4, -0.2) is 48.9 Å². The van der Waals surface area contributed by atoms with Gasteiger partial charge in [-0.15, -0.1) is 0 Å². The molecule has 1 aliphatic rings. The lowest BCUT2D eigenvalue weighted by Crippen LogP contribution is -2.45. The van der Waals surface area contributed by atoms with E-state index in [9.17, 15) is 4.79 Å². The standard InChI is InChI=1S/C8H16N2O.C3H8.C2H6/c1-2-3-9-4-6-10(8-11)7-5-9;1-3-2;1-2/h8H,2-7H2,1H3;3H2,1-2H3;1-2H3. The van der Waals surface area contributed by atoms with E-state index in [4.69, 9.17) is 0 Å². The van der Waals surface area contributed by atoms with Crippen LogP contribution in [0.5, 0.6) is 0 Å². The fourth-order valence-corrected chi connectivity index (χ4v) is 1.41. The predicted molar refractivity (Wildman–Crippen MR) is 71.7 cm³/mol. The summed E-state index contributed by atoms with van der Waals surface area (Å²) in [5, 5.41) is 0. The van der Waals surface area contributed by atoms with E-state index >= 15 is 0 Å². The fourth-order valence-electron chi connectivity index (χ4n) is 1.41. The summed E-state index contributed by atoms with van der Waals surface area (Å²) < 4.78 is 0. The smallest absolute Gasteiger partial charge is 0.209 e. The topological polar surface area (TPSA) is 23.6 Å².